The van der Waals surface area contributed by atoms with E-state index in [4.69, 9.17) is 5.11 Å². The van der Waals surface area contributed by atoms with E-state index in [0.717, 1.165) is 6.42 Å². The second kappa shape index (κ2) is 5.30. The van der Waals surface area contributed by atoms with Gasteiger partial charge in [0.1, 0.15) is 0 Å². The van der Waals surface area contributed by atoms with E-state index in [-0.39, 0.29) is 6.61 Å². The van der Waals surface area contributed by atoms with Crippen LogP contribution in [0.5, 0.6) is 0 Å². The van der Waals surface area contributed by atoms with Crippen molar-refractivity contribution in [1.29, 1.82) is 0 Å². The molecular weight excluding hydrogens is 180 g/mol. The molecule has 2 heteroatoms. The Kier molecular flexibility index (Phi) is 4.33. The van der Waals surface area contributed by atoms with Gasteiger partial charge in [0, 0.05) is 16.8 Å². The van der Waals surface area contributed by atoms with Crippen molar-refractivity contribution >= 4 is 11.8 Å². The lowest BCUT2D eigenvalue weighted by Gasteiger charge is -2.05. The van der Waals surface area contributed by atoms with Crippen molar-refractivity contribution in [2.45, 2.75) is 30.4 Å². The zero-order valence-electron chi connectivity index (χ0n) is 8.16. The van der Waals surface area contributed by atoms with Crippen LogP contribution in [0.3, 0.4) is 0 Å². The van der Waals surface area contributed by atoms with Crippen LogP contribution in [0.25, 0.3) is 0 Å². The lowest BCUT2D eigenvalue weighted by molar-refractivity contribution is 0.299. The topological polar surface area (TPSA) is 20.2 Å². The zero-order chi connectivity index (χ0) is 9.68. The van der Waals surface area contributed by atoms with Crippen LogP contribution in [0.2, 0.25) is 0 Å². The predicted molar refractivity (Wildman–Crippen MR) is 58.2 cm³/mol. The van der Waals surface area contributed by atoms with Crippen LogP contribution in [0, 0.1) is 0 Å². The first-order chi connectivity index (χ1) is 6.22. The third-order valence-corrected chi connectivity index (χ3v) is 2.71. The number of hydrogen-bond donors (Lipinski definition) is 1. The van der Waals surface area contributed by atoms with Crippen LogP contribution < -0.4 is 0 Å². The standard InChI is InChI=1S/C11H16OS/c1-9(2)13-11-5-3-10(4-6-11)7-8-12/h3-6,9,12H,7-8H2,1-2H3. The number of thioether (sulfide) groups is 1. The Labute approximate surface area is 84.2 Å². The minimum Gasteiger partial charge on any atom is -0.396 e. The highest BCUT2D eigenvalue weighted by atomic mass is 32.2. The molecule has 1 aromatic rings. The quantitative estimate of drug-likeness (QED) is 0.747. The summed E-state index contributed by atoms with van der Waals surface area (Å²) in [7, 11) is 0. The van der Waals surface area contributed by atoms with Crippen LogP contribution in [0.4, 0.5) is 0 Å². The Balaban J connectivity index is 2.59. The first kappa shape index (κ1) is 10.6. The molecule has 0 bridgehead atoms. The summed E-state index contributed by atoms with van der Waals surface area (Å²) in [5.74, 6) is 0. The molecule has 1 N–H and O–H groups in total. The van der Waals surface area contributed by atoms with Gasteiger partial charge >= 0.3 is 0 Å². The summed E-state index contributed by atoms with van der Waals surface area (Å²) >= 11 is 1.86. The molecule has 1 rings (SSSR count). The predicted octanol–water partition coefficient (Wildman–Crippen LogP) is 2.72. The molecule has 0 radical (unpaired) electrons. The van der Waals surface area contributed by atoms with E-state index < -0.39 is 0 Å². The van der Waals surface area contributed by atoms with Crippen LogP contribution in [-0.2, 0) is 6.42 Å². The van der Waals surface area contributed by atoms with Gasteiger partial charge in [-0.2, -0.15) is 0 Å². The molecule has 72 valence electrons. The molecular formula is C11H16OS. The molecule has 13 heavy (non-hydrogen) atoms. The van der Waals surface area contributed by atoms with Gasteiger partial charge in [0.05, 0.1) is 0 Å². The Hall–Kier alpha value is -0.470. The van der Waals surface area contributed by atoms with E-state index in [9.17, 15) is 0 Å². The van der Waals surface area contributed by atoms with Crippen LogP contribution >= 0.6 is 11.8 Å². The average Bonchev–Trinajstić information content (AvgIpc) is 2.08. The van der Waals surface area contributed by atoms with Crippen molar-refractivity contribution in [3.05, 3.63) is 29.8 Å². The van der Waals surface area contributed by atoms with Gasteiger partial charge in [0.15, 0.2) is 0 Å². The zero-order valence-corrected chi connectivity index (χ0v) is 8.97. The van der Waals surface area contributed by atoms with E-state index in [1.54, 1.807) is 0 Å². The van der Waals surface area contributed by atoms with Gasteiger partial charge in [-0.05, 0) is 24.1 Å². The largest absolute Gasteiger partial charge is 0.396 e. The number of benzene rings is 1. The van der Waals surface area contributed by atoms with E-state index in [1.807, 2.05) is 11.8 Å². The molecule has 0 aliphatic carbocycles. The molecule has 0 spiro atoms. The number of rotatable bonds is 4. The van der Waals surface area contributed by atoms with E-state index in [1.165, 1.54) is 10.5 Å². The molecule has 0 saturated carbocycles. The van der Waals surface area contributed by atoms with Crippen molar-refractivity contribution in [3.8, 4) is 0 Å². The molecule has 0 amide bonds. The highest BCUT2D eigenvalue weighted by Gasteiger charge is 1.97. The van der Waals surface area contributed by atoms with Gasteiger partial charge in [0.2, 0.25) is 0 Å². The third kappa shape index (κ3) is 3.83. The smallest absolute Gasteiger partial charge is 0.0471 e. The summed E-state index contributed by atoms with van der Waals surface area (Å²) in [4.78, 5) is 1.30. The molecule has 0 aromatic heterocycles. The van der Waals surface area contributed by atoms with Crippen LogP contribution in [-0.4, -0.2) is 17.0 Å². The Morgan fingerprint density at radius 3 is 2.31 bits per heavy atom. The molecule has 0 aliphatic rings. The van der Waals surface area contributed by atoms with E-state index in [2.05, 4.69) is 38.1 Å². The SMILES string of the molecule is CC(C)Sc1ccc(CCO)cc1. The maximum absolute atomic E-state index is 8.73. The third-order valence-electron chi connectivity index (χ3n) is 1.70. The molecule has 0 unspecified atom stereocenters. The summed E-state index contributed by atoms with van der Waals surface area (Å²) in [5, 5.41) is 9.36. The summed E-state index contributed by atoms with van der Waals surface area (Å²) in [6.07, 6.45) is 0.757. The summed E-state index contributed by atoms with van der Waals surface area (Å²) in [6, 6.07) is 8.41. The molecule has 1 aromatic carbocycles. The second-order valence-electron chi connectivity index (χ2n) is 3.28. The number of aliphatic hydroxyl groups excluding tert-OH is 1. The van der Waals surface area contributed by atoms with Gasteiger partial charge in [-0.15, -0.1) is 11.8 Å². The fraction of sp³-hybridized carbons (Fsp3) is 0.455. The van der Waals surface area contributed by atoms with Gasteiger partial charge < -0.3 is 5.11 Å². The minimum absolute atomic E-state index is 0.233. The second-order valence-corrected chi connectivity index (χ2v) is 4.93. The maximum atomic E-state index is 8.73. The lowest BCUT2D eigenvalue weighted by atomic mass is 10.2. The van der Waals surface area contributed by atoms with Crippen LogP contribution in [0.1, 0.15) is 19.4 Å². The fourth-order valence-electron chi connectivity index (χ4n) is 1.14. The average molecular weight is 196 g/mol. The first-order valence-corrected chi connectivity index (χ1v) is 5.47. The van der Waals surface area contributed by atoms with E-state index in [0.29, 0.717) is 5.25 Å². The Morgan fingerprint density at radius 2 is 1.85 bits per heavy atom. The van der Waals surface area contributed by atoms with Crippen molar-refractivity contribution in [2.75, 3.05) is 6.61 Å². The molecule has 0 saturated heterocycles. The van der Waals surface area contributed by atoms with Gasteiger partial charge in [0.25, 0.3) is 0 Å². The van der Waals surface area contributed by atoms with Crippen molar-refractivity contribution in [2.24, 2.45) is 0 Å². The van der Waals surface area contributed by atoms with Gasteiger partial charge in [-0.3, -0.25) is 0 Å². The normalized spacial score (nSPS) is 10.8. The summed E-state index contributed by atoms with van der Waals surface area (Å²) in [6.45, 7) is 4.61. The first-order valence-electron chi connectivity index (χ1n) is 4.59. The van der Waals surface area contributed by atoms with Gasteiger partial charge in [-0.25, -0.2) is 0 Å². The lowest BCUT2D eigenvalue weighted by Crippen LogP contribution is -1.90. The maximum Gasteiger partial charge on any atom is 0.0471 e. The molecule has 1 nitrogen and oxygen atoms in total. The highest BCUT2D eigenvalue weighted by Crippen LogP contribution is 2.22. The molecule has 0 aliphatic heterocycles. The fourth-order valence-corrected chi connectivity index (χ4v) is 1.97. The van der Waals surface area contributed by atoms with E-state index >= 15 is 0 Å². The minimum atomic E-state index is 0.233. The Morgan fingerprint density at radius 1 is 1.23 bits per heavy atom. The molecule has 0 atom stereocenters. The number of hydrogen-bond acceptors (Lipinski definition) is 2. The molecule has 0 heterocycles. The molecule has 0 fully saturated rings. The highest BCUT2D eigenvalue weighted by molar-refractivity contribution is 7.99. The van der Waals surface area contributed by atoms with Gasteiger partial charge in [-0.1, -0.05) is 26.0 Å². The van der Waals surface area contributed by atoms with Crippen LogP contribution in [0.15, 0.2) is 29.2 Å². The van der Waals surface area contributed by atoms with Crippen molar-refractivity contribution in [3.63, 3.8) is 0 Å². The Bertz CT molecular complexity index is 241. The monoisotopic (exact) mass is 196 g/mol. The van der Waals surface area contributed by atoms with Crippen molar-refractivity contribution < 1.29 is 5.11 Å². The summed E-state index contributed by atoms with van der Waals surface area (Å²) in [5.41, 5.74) is 1.20. The summed E-state index contributed by atoms with van der Waals surface area (Å²) < 4.78 is 0. The van der Waals surface area contributed by atoms with Crippen molar-refractivity contribution in [1.82, 2.24) is 0 Å². The number of aliphatic hydroxyl groups is 1.